The van der Waals surface area contributed by atoms with Crippen LogP contribution >= 0.6 is 38.9 Å². The lowest BCUT2D eigenvalue weighted by Gasteiger charge is -2.08. The molecular formula is C11H7BrClNO4S2. The molecule has 0 unspecified atom stereocenters. The third-order valence-electron chi connectivity index (χ3n) is 2.27. The maximum Gasteiger partial charge on any atom is 0.345 e. The SMILES string of the molecule is O=C(O)c1cc(S(=O)(=O)Nc2ccc(Br)cc2Cl)cs1. The number of sulfonamides is 1. The monoisotopic (exact) mass is 395 g/mol. The Morgan fingerprint density at radius 1 is 1.35 bits per heavy atom. The van der Waals surface area contributed by atoms with E-state index < -0.39 is 16.0 Å². The molecule has 0 saturated carbocycles. The van der Waals surface area contributed by atoms with Crippen LogP contribution in [0.4, 0.5) is 5.69 Å². The highest BCUT2D eigenvalue weighted by molar-refractivity contribution is 9.10. The molecule has 2 N–H and O–H groups in total. The molecule has 0 fully saturated rings. The summed E-state index contributed by atoms with van der Waals surface area (Å²) in [6.07, 6.45) is 0. The molecule has 1 heterocycles. The van der Waals surface area contributed by atoms with Gasteiger partial charge in [-0.25, -0.2) is 13.2 Å². The molecule has 0 amide bonds. The first kappa shape index (κ1) is 15.3. The van der Waals surface area contributed by atoms with Crippen molar-refractivity contribution in [2.45, 2.75) is 4.90 Å². The highest BCUT2D eigenvalue weighted by atomic mass is 79.9. The van der Waals surface area contributed by atoms with Gasteiger partial charge in [-0.1, -0.05) is 27.5 Å². The smallest absolute Gasteiger partial charge is 0.345 e. The molecule has 106 valence electrons. The number of carbonyl (C=O) groups is 1. The number of anilines is 1. The van der Waals surface area contributed by atoms with Crippen molar-refractivity contribution in [1.82, 2.24) is 0 Å². The topological polar surface area (TPSA) is 83.5 Å². The quantitative estimate of drug-likeness (QED) is 0.826. The highest BCUT2D eigenvalue weighted by Gasteiger charge is 2.19. The summed E-state index contributed by atoms with van der Waals surface area (Å²) in [5, 5.41) is 10.3. The van der Waals surface area contributed by atoms with Crippen molar-refractivity contribution >= 4 is 60.5 Å². The van der Waals surface area contributed by atoms with Gasteiger partial charge in [0.15, 0.2) is 0 Å². The number of aromatic carboxylic acids is 1. The van der Waals surface area contributed by atoms with Crippen LogP contribution in [0.2, 0.25) is 5.02 Å². The third-order valence-corrected chi connectivity index (χ3v) is 5.49. The lowest BCUT2D eigenvalue weighted by Crippen LogP contribution is -2.12. The van der Waals surface area contributed by atoms with Crippen molar-refractivity contribution in [2.75, 3.05) is 4.72 Å². The summed E-state index contributed by atoms with van der Waals surface area (Å²) in [6, 6.07) is 5.80. The van der Waals surface area contributed by atoms with Crippen LogP contribution in [-0.4, -0.2) is 19.5 Å². The first-order chi connectivity index (χ1) is 9.29. The lowest BCUT2D eigenvalue weighted by molar-refractivity contribution is 0.0702. The molecule has 5 nitrogen and oxygen atoms in total. The summed E-state index contributed by atoms with van der Waals surface area (Å²) < 4.78 is 27.2. The minimum atomic E-state index is -3.86. The van der Waals surface area contributed by atoms with Gasteiger partial charge < -0.3 is 5.11 Å². The number of carboxylic acid groups (broad SMARTS) is 1. The van der Waals surface area contributed by atoms with E-state index in [-0.39, 0.29) is 20.5 Å². The van der Waals surface area contributed by atoms with E-state index in [0.717, 1.165) is 17.4 Å². The molecule has 1 aromatic heterocycles. The molecule has 0 bridgehead atoms. The molecule has 0 atom stereocenters. The average molecular weight is 397 g/mol. The Labute approximate surface area is 132 Å². The zero-order valence-electron chi connectivity index (χ0n) is 9.63. The standard InChI is InChI=1S/C11H7BrClNO4S2/c12-6-1-2-9(8(13)3-6)14-20(17,18)7-4-10(11(15)16)19-5-7/h1-5,14H,(H,15,16). The summed E-state index contributed by atoms with van der Waals surface area (Å²) >= 11 is 9.99. The van der Waals surface area contributed by atoms with E-state index in [1.165, 1.54) is 11.4 Å². The average Bonchev–Trinajstić information content (AvgIpc) is 2.83. The second-order valence-electron chi connectivity index (χ2n) is 3.68. The van der Waals surface area contributed by atoms with Crippen LogP contribution in [0.3, 0.4) is 0 Å². The summed E-state index contributed by atoms with van der Waals surface area (Å²) in [7, 11) is -3.86. The predicted octanol–water partition coefficient (Wildman–Crippen LogP) is 3.66. The number of rotatable bonds is 4. The molecule has 0 aliphatic carbocycles. The Balaban J connectivity index is 2.33. The van der Waals surface area contributed by atoms with E-state index >= 15 is 0 Å². The molecule has 1 aromatic carbocycles. The summed E-state index contributed by atoms with van der Waals surface area (Å²) in [5.41, 5.74) is 0.220. The zero-order chi connectivity index (χ0) is 14.9. The molecule has 0 aliphatic rings. The van der Waals surface area contributed by atoms with E-state index in [0.29, 0.717) is 4.47 Å². The number of thiophene rings is 1. The number of hydrogen-bond acceptors (Lipinski definition) is 4. The number of benzene rings is 1. The Hall–Kier alpha value is -1.09. The second kappa shape index (κ2) is 5.72. The van der Waals surface area contributed by atoms with Crippen LogP contribution in [-0.2, 0) is 10.0 Å². The van der Waals surface area contributed by atoms with Gasteiger partial charge in [0.05, 0.1) is 15.6 Å². The van der Waals surface area contributed by atoms with Crippen LogP contribution in [0, 0.1) is 0 Å². The van der Waals surface area contributed by atoms with E-state index in [1.807, 2.05) is 0 Å². The molecule has 0 radical (unpaired) electrons. The van der Waals surface area contributed by atoms with Crippen LogP contribution in [0.15, 0.2) is 39.0 Å². The van der Waals surface area contributed by atoms with Gasteiger partial charge in [0.1, 0.15) is 4.88 Å². The van der Waals surface area contributed by atoms with E-state index in [9.17, 15) is 13.2 Å². The summed E-state index contributed by atoms with van der Waals surface area (Å²) in [4.78, 5) is 10.6. The molecule has 9 heteroatoms. The maximum atomic E-state index is 12.1. The minimum Gasteiger partial charge on any atom is -0.477 e. The van der Waals surface area contributed by atoms with Gasteiger partial charge in [-0.05, 0) is 24.3 Å². The molecule has 0 spiro atoms. The van der Waals surface area contributed by atoms with Gasteiger partial charge in [-0.2, -0.15) is 0 Å². The summed E-state index contributed by atoms with van der Waals surface area (Å²) in [5.74, 6) is -1.17. The zero-order valence-corrected chi connectivity index (χ0v) is 13.6. The molecule has 2 aromatic rings. The Bertz CT molecular complexity index is 772. The highest BCUT2D eigenvalue weighted by Crippen LogP contribution is 2.28. The summed E-state index contributed by atoms with van der Waals surface area (Å²) in [6.45, 7) is 0. The van der Waals surface area contributed by atoms with Crippen molar-refractivity contribution in [3.05, 3.63) is 44.0 Å². The van der Waals surface area contributed by atoms with E-state index in [2.05, 4.69) is 20.7 Å². The van der Waals surface area contributed by atoms with Crippen molar-refractivity contribution in [3.8, 4) is 0 Å². The fourth-order valence-corrected chi connectivity index (χ4v) is 4.32. The predicted molar refractivity (Wildman–Crippen MR) is 81.2 cm³/mol. The van der Waals surface area contributed by atoms with Crippen LogP contribution in [0.25, 0.3) is 0 Å². The lowest BCUT2D eigenvalue weighted by atomic mass is 10.3. The number of hydrogen-bond donors (Lipinski definition) is 2. The van der Waals surface area contributed by atoms with Crippen LogP contribution < -0.4 is 4.72 Å². The molecule has 0 saturated heterocycles. The van der Waals surface area contributed by atoms with Crippen molar-refractivity contribution in [1.29, 1.82) is 0 Å². The largest absolute Gasteiger partial charge is 0.477 e. The van der Waals surface area contributed by atoms with E-state index in [1.54, 1.807) is 12.1 Å². The molecule has 20 heavy (non-hydrogen) atoms. The van der Waals surface area contributed by atoms with Gasteiger partial charge in [-0.3, -0.25) is 4.72 Å². The number of nitrogens with one attached hydrogen (secondary N) is 1. The van der Waals surface area contributed by atoms with Crippen LogP contribution in [0.1, 0.15) is 9.67 Å². The van der Waals surface area contributed by atoms with Crippen molar-refractivity contribution < 1.29 is 18.3 Å². The minimum absolute atomic E-state index is 0.0488. The fraction of sp³-hybridized carbons (Fsp3) is 0. The van der Waals surface area contributed by atoms with E-state index in [4.69, 9.17) is 16.7 Å². The van der Waals surface area contributed by atoms with Gasteiger partial charge in [0.25, 0.3) is 10.0 Å². The second-order valence-corrected chi connectivity index (χ2v) is 7.60. The van der Waals surface area contributed by atoms with Crippen molar-refractivity contribution in [3.63, 3.8) is 0 Å². The van der Waals surface area contributed by atoms with Crippen molar-refractivity contribution in [2.24, 2.45) is 0 Å². The Kier molecular flexibility index (Phi) is 4.38. The van der Waals surface area contributed by atoms with Gasteiger partial charge in [-0.15, -0.1) is 11.3 Å². The van der Waals surface area contributed by atoms with Gasteiger partial charge in [0, 0.05) is 9.85 Å². The molecule has 0 aliphatic heterocycles. The number of carboxylic acids is 1. The maximum absolute atomic E-state index is 12.1. The van der Waals surface area contributed by atoms with Gasteiger partial charge >= 0.3 is 5.97 Å². The van der Waals surface area contributed by atoms with Crippen LogP contribution in [0.5, 0.6) is 0 Å². The first-order valence-corrected chi connectivity index (χ1v) is 8.62. The Morgan fingerprint density at radius 3 is 2.60 bits per heavy atom. The Morgan fingerprint density at radius 2 is 2.05 bits per heavy atom. The normalized spacial score (nSPS) is 11.3. The number of halogens is 2. The van der Waals surface area contributed by atoms with Gasteiger partial charge in [0.2, 0.25) is 0 Å². The third kappa shape index (κ3) is 3.32. The molecule has 2 rings (SSSR count). The fourth-order valence-electron chi connectivity index (χ4n) is 1.35. The molecular weight excluding hydrogens is 390 g/mol. The first-order valence-electron chi connectivity index (χ1n) is 5.09.